The molecule has 0 aromatic heterocycles. The summed E-state index contributed by atoms with van der Waals surface area (Å²) >= 11 is 0. The van der Waals surface area contributed by atoms with E-state index in [9.17, 15) is 9.59 Å². The smallest absolute Gasteiger partial charge is 0.233 e. The number of aliphatic hydroxyl groups excluding tert-OH is 1. The van der Waals surface area contributed by atoms with Crippen molar-refractivity contribution >= 4 is 11.8 Å². The molecule has 1 aliphatic heterocycles. The Bertz CT molecular complexity index is 385. The molecule has 0 aromatic carbocycles. The number of fused-ring (bicyclic) bond motifs is 1. The van der Waals surface area contributed by atoms with Crippen LogP contribution in [0.15, 0.2) is 12.2 Å². The Hall–Kier alpha value is -1.16. The molecule has 1 saturated heterocycles. The normalized spacial score (nSPS) is 32.8. The number of hydrogen-bond acceptors (Lipinski definition) is 3. The Morgan fingerprint density at radius 1 is 1.17 bits per heavy atom. The molecule has 2 aliphatic carbocycles. The summed E-state index contributed by atoms with van der Waals surface area (Å²) in [4.78, 5) is 26.0. The van der Waals surface area contributed by atoms with Crippen molar-refractivity contribution in [3.05, 3.63) is 12.2 Å². The molecule has 0 radical (unpaired) electrons. The molecule has 2 amide bonds. The second-order valence-electron chi connectivity index (χ2n) is 5.89. The van der Waals surface area contributed by atoms with Crippen LogP contribution in [0.2, 0.25) is 0 Å². The van der Waals surface area contributed by atoms with Crippen molar-refractivity contribution in [2.75, 3.05) is 13.2 Å². The summed E-state index contributed by atoms with van der Waals surface area (Å²) in [5.41, 5.74) is 0.0288. The first-order chi connectivity index (χ1) is 8.67. The van der Waals surface area contributed by atoms with Gasteiger partial charge in [-0.25, -0.2) is 0 Å². The van der Waals surface area contributed by atoms with Crippen molar-refractivity contribution in [3.63, 3.8) is 0 Å². The molecular weight excluding hydrogens is 230 g/mol. The van der Waals surface area contributed by atoms with E-state index in [1.54, 1.807) is 0 Å². The Morgan fingerprint density at radius 2 is 1.72 bits per heavy atom. The highest BCUT2D eigenvalue weighted by molar-refractivity contribution is 6.05. The lowest BCUT2D eigenvalue weighted by Crippen LogP contribution is -2.36. The largest absolute Gasteiger partial charge is 0.396 e. The van der Waals surface area contributed by atoms with Crippen LogP contribution in [0.3, 0.4) is 0 Å². The van der Waals surface area contributed by atoms with E-state index >= 15 is 0 Å². The summed E-state index contributed by atoms with van der Waals surface area (Å²) in [5.74, 6) is -0.211. The Labute approximate surface area is 107 Å². The van der Waals surface area contributed by atoms with Crippen molar-refractivity contribution < 1.29 is 14.7 Å². The van der Waals surface area contributed by atoms with E-state index in [1.807, 2.05) is 12.2 Å². The number of nitrogens with zero attached hydrogens (tertiary/aromatic N) is 1. The number of carbonyl (C=O) groups is 2. The molecule has 2 fully saturated rings. The first-order valence-electron chi connectivity index (χ1n) is 6.78. The zero-order valence-corrected chi connectivity index (χ0v) is 10.5. The molecule has 18 heavy (non-hydrogen) atoms. The second kappa shape index (κ2) is 4.19. The highest BCUT2D eigenvalue weighted by Crippen LogP contribution is 2.50. The van der Waals surface area contributed by atoms with Crippen molar-refractivity contribution in [3.8, 4) is 0 Å². The average Bonchev–Trinajstić information content (AvgIpc) is 3.10. The molecule has 0 spiro atoms. The minimum atomic E-state index is -0.118. The molecule has 3 aliphatic rings. The van der Waals surface area contributed by atoms with Gasteiger partial charge in [0.2, 0.25) is 11.8 Å². The summed E-state index contributed by atoms with van der Waals surface area (Å²) in [5, 5.41) is 9.06. The third kappa shape index (κ3) is 1.79. The van der Waals surface area contributed by atoms with Crippen LogP contribution in [-0.4, -0.2) is 35.0 Å². The van der Waals surface area contributed by atoms with Crippen molar-refractivity contribution in [2.24, 2.45) is 17.3 Å². The topological polar surface area (TPSA) is 57.6 Å². The fourth-order valence-electron chi connectivity index (χ4n) is 3.26. The number of allylic oxidation sites excluding steroid dienone is 2. The van der Waals surface area contributed by atoms with E-state index in [0.29, 0.717) is 25.8 Å². The Kier molecular flexibility index (Phi) is 2.77. The zero-order chi connectivity index (χ0) is 12.8. The van der Waals surface area contributed by atoms with Crippen molar-refractivity contribution in [2.45, 2.75) is 32.1 Å². The van der Waals surface area contributed by atoms with E-state index in [-0.39, 0.29) is 35.7 Å². The maximum Gasteiger partial charge on any atom is 0.233 e. The van der Waals surface area contributed by atoms with Gasteiger partial charge in [-0.2, -0.15) is 0 Å². The standard InChI is InChI=1S/C14H19NO3/c16-8-7-14(5-6-14)9-15-12(17)10-3-1-2-4-11(10)13(15)18/h1-2,10-11,16H,3-9H2. The SMILES string of the molecule is O=C1C2CC=CCC2C(=O)N1CC1(CCO)CC1. The Balaban J connectivity index is 1.74. The number of aliphatic hydroxyl groups is 1. The third-order valence-corrected chi connectivity index (χ3v) is 4.69. The van der Waals surface area contributed by atoms with Gasteiger partial charge in [-0.05, 0) is 37.5 Å². The summed E-state index contributed by atoms with van der Waals surface area (Å²) in [6.45, 7) is 0.670. The quantitative estimate of drug-likeness (QED) is 0.599. The maximum atomic E-state index is 12.3. The second-order valence-corrected chi connectivity index (χ2v) is 5.89. The zero-order valence-electron chi connectivity index (χ0n) is 10.5. The molecule has 3 rings (SSSR count). The van der Waals surface area contributed by atoms with Gasteiger partial charge in [0.1, 0.15) is 0 Å². The van der Waals surface area contributed by atoms with E-state index in [2.05, 4.69) is 0 Å². The van der Waals surface area contributed by atoms with Crippen LogP contribution in [0.5, 0.6) is 0 Å². The molecule has 0 bridgehead atoms. The Morgan fingerprint density at radius 3 is 2.17 bits per heavy atom. The number of amides is 2. The van der Waals surface area contributed by atoms with Gasteiger partial charge in [-0.1, -0.05) is 12.2 Å². The molecule has 4 heteroatoms. The highest BCUT2D eigenvalue weighted by Gasteiger charge is 2.52. The van der Waals surface area contributed by atoms with Crippen LogP contribution in [0.1, 0.15) is 32.1 Å². The minimum Gasteiger partial charge on any atom is -0.396 e. The number of likely N-dealkylation sites (tertiary alicyclic amines) is 1. The molecule has 2 unspecified atom stereocenters. The number of imide groups is 1. The molecule has 2 atom stereocenters. The summed E-state index contributed by atoms with van der Waals surface area (Å²) in [7, 11) is 0. The van der Waals surface area contributed by atoms with Crippen LogP contribution in [0.4, 0.5) is 0 Å². The van der Waals surface area contributed by atoms with Gasteiger partial charge in [0.05, 0.1) is 11.8 Å². The van der Waals surface area contributed by atoms with Gasteiger partial charge in [0.15, 0.2) is 0 Å². The molecule has 98 valence electrons. The molecular formula is C14H19NO3. The first-order valence-corrected chi connectivity index (χ1v) is 6.78. The lowest BCUT2D eigenvalue weighted by atomic mass is 9.85. The van der Waals surface area contributed by atoms with Gasteiger partial charge < -0.3 is 5.11 Å². The minimum absolute atomic E-state index is 0.0126. The van der Waals surface area contributed by atoms with Gasteiger partial charge in [-0.15, -0.1) is 0 Å². The van der Waals surface area contributed by atoms with Crippen LogP contribution >= 0.6 is 0 Å². The number of rotatable bonds is 4. The molecule has 1 N–H and O–H groups in total. The maximum absolute atomic E-state index is 12.3. The van der Waals surface area contributed by atoms with Gasteiger partial charge >= 0.3 is 0 Å². The summed E-state index contributed by atoms with van der Waals surface area (Å²) in [6, 6.07) is 0. The van der Waals surface area contributed by atoms with Crippen LogP contribution < -0.4 is 0 Å². The van der Waals surface area contributed by atoms with Gasteiger partial charge in [0.25, 0.3) is 0 Å². The molecule has 1 heterocycles. The fourth-order valence-corrected chi connectivity index (χ4v) is 3.26. The van der Waals surface area contributed by atoms with Crippen molar-refractivity contribution in [1.82, 2.24) is 4.90 Å². The highest BCUT2D eigenvalue weighted by atomic mass is 16.3. The number of hydrogen-bond donors (Lipinski definition) is 1. The van der Waals surface area contributed by atoms with E-state index in [0.717, 1.165) is 12.8 Å². The van der Waals surface area contributed by atoms with Crippen LogP contribution in [0, 0.1) is 17.3 Å². The lowest BCUT2D eigenvalue weighted by molar-refractivity contribution is -0.141. The van der Waals surface area contributed by atoms with Crippen molar-refractivity contribution in [1.29, 1.82) is 0 Å². The van der Waals surface area contributed by atoms with E-state index in [4.69, 9.17) is 5.11 Å². The number of carbonyl (C=O) groups excluding carboxylic acids is 2. The first kappa shape index (κ1) is 11.9. The molecule has 4 nitrogen and oxygen atoms in total. The van der Waals surface area contributed by atoms with Crippen LogP contribution in [0.25, 0.3) is 0 Å². The predicted octanol–water partition coefficient (Wildman–Crippen LogP) is 1.10. The molecule has 1 saturated carbocycles. The monoisotopic (exact) mass is 249 g/mol. The average molecular weight is 249 g/mol. The van der Waals surface area contributed by atoms with Gasteiger partial charge in [0, 0.05) is 13.2 Å². The fraction of sp³-hybridized carbons (Fsp3) is 0.714. The van der Waals surface area contributed by atoms with Gasteiger partial charge in [-0.3, -0.25) is 14.5 Å². The molecule has 0 aromatic rings. The predicted molar refractivity (Wildman–Crippen MR) is 65.4 cm³/mol. The lowest BCUT2D eigenvalue weighted by Gasteiger charge is -2.21. The summed E-state index contributed by atoms with van der Waals surface area (Å²) < 4.78 is 0. The van der Waals surface area contributed by atoms with E-state index in [1.165, 1.54) is 4.90 Å². The third-order valence-electron chi connectivity index (χ3n) is 4.69. The van der Waals surface area contributed by atoms with Crippen LogP contribution in [-0.2, 0) is 9.59 Å². The summed E-state index contributed by atoms with van der Waals surface area (Å²) in [6.07, 6.45) is 8.19. The van der Waals surface area contributed by atoms with E-state index < -0.39 is 0 Å².